The zero-order chi connectivity index (χ0) is 23.4. The van der Waals surface area contributed by atoms with Gasteiger partial charge in [0.2, 0.25) is 0 Å². The summed E-state index contributed by atoms with van der Waals surface area (Å²) in [7, 11) is 2.17. The smallest absolute Gasteiger partial charge is 0.0941 e. The molecule has 33 heavy (non-hydrogen) atoms. The van der Waals surface area contributed by atoms with Crippen molar-refractivity contribution in [3.8, 4) is 0 Å². The van der Waals surface area contributed by atoms with Crippen molar-refractivity contribution in [3.05, 3.63) is 74.2 Å². The van der Waals surface area contributed by atoms with Crippen LogP contribution in [0.2, 0.25) is 15.1 Å². The summed E-state index contributed by atoms with van der Waals surface area (Å²) in [5, 5.41) is 14.5. The Morgan fingerprint density at radius 2 is 1.64 bits per heavy atom. The molecule has 1 aliphatic carbocycles. The number of piperazine rings is 1. The van der Waals surface area contributed by atoms with Crippen LogP contribution < -0.4 is 0 Å². The molecule has 4 rings (SSSR count). The molecule has 1 aliphatic heterocycles. The Morgan fingerprint density at radius 1 is 0.970 bits per heavy atom. The monoisotopic (exact) mass is 506 g/mol. The van der Waals surface area contributed by atoms with Crippen LogP contribution in [-0.4, -0.2) is 60.3 Å². The van der Waals surface area contributed by atoms with Crippen LogP contribution in [0.25, 0.3) is 6.08 Å². The van der Waals surface area contributed by atoms with Crippen molar-refractivity contribution in [2.45, 2.75) is 37.7 Å². The molecule has 0 radical (unpaired) electrons. The summed E-state index contributed by atoms with van der Waals surface area (Å²) >= 11 is 19.3. The number of aliphatic hydroxyl groups is 1. The number of hydrogen-bond donors (Lipinski definition) is 1. The van der Waals surface area contributed by atoms with Crippen molar-refractivity contribution in [2.24, 2.45) is 5.92 Å². The van der Waals surface area contributed by atoms with Gasteiger partial charge in [-0.3, -0.25) is 0 Å². The Balaban J connectivity index is 1.72. The Morgan fingerprint density at radius 3 is 2.30 bits per heavy atom. The SMILES string of the molecule is CN1CCN(CC2CCCC/C(=C/c3ccc(Cl)cc3)C2(O)Cc2c(Cl)cccc2Cl)CC1. The highest BCUT2D eigenvalue weighted by atomic mass is 35.5. The van der Waals surface area contributed by atoms with Crippen molar-refractivity contribution in [1.82, 2.24) is 9.80 Å². The molecule has 2 aromatic carbocycles. The second-order valence-electron chi connectivity index (χ2n) is 9.57. The summed E-state index contributed by atoms with van der Waals surface area (Å²) in [5.41, 5.74) is 1.93. The molecule has 2 unspecified atom stereocenters. The Bertz CT molecular complexity index is 950. The van der Waals surface area contributed by atoms with Gasteiger partial charge in [-0.05, 0) is 67.3 Å². The van der Waals surface area contributed by atoms with Gasteiger partial charge in [0.15, 0.2) is 0 Å². The second kappa shape index (κ2) is 11.1. The highest BCUT2D eigenvalue weighted by molar-refractivity contribution is 6.36. The quantitative estimate of drug-likeness (QED) is 0.472. The number of benzene rings is 2. The van der Waals surface area contributed by atoms with E-state index < -0.39 is 5.60 Å². The van der Waals surface area contributed by atoms with E-state index in [0.29, 0.717) is 21.5 Å². The molecule has 3 nitrogen and oxygen atoms in total. The van der Waals surface area contributed by atoms with E-state index in [9.17, 15) is 5.11 Å². The fourth-order valence-electron chi connectivity index (χ4n) is 5.19. The number of hydrogen-bond acceptors (Lipinski definition) is 3. The number of rotatable bonds is 5. The molecule has 1 saturated carbocycles. The Labute approximate surface area is 212 Å². The van der Waals surface area contributed by atoms with E-state index in [1.54, 1.807) is 0 Å². The van der Waals surface area contributed by atoms with E-state index in [1.165, 1.54) is 0 Å². The first-order valence-electron chi connectivity index (χ1n) is 11.9. The van der Waals surface area contributed by atoms with Crippen LogP contribution in [0.5, 0.6) is 0 Å². The van der Waals surface area contributed by atoms with Crippen molar-refractivity contribution >= 4 is 40.9 Å². The maximum Gasteiger partial charge on any atom is 0.0941 e. The zero-order valence-corrected chi connectivity index (χ0v) is 21.5. The normalized spacial score (nSPS) is 26.5. The molecular weight excluding hydrogens is 475 g/mol. The zero-order valence-electron chi connectivity index (χ0n) is 19.2. The van der Waals surface area contributed by atoms with Gasteiger partial charge < -0.3 is 14.9 Å². The van der Waals surface area contributed by atoms with Crippen LogP contribution >= 0.6 is 34.8 Å². The lowest BCUT2D eigenvalue weighted by atomic mass is 9.74. The molecule has 178 valence electrons. The molecule has 0 aromatic heterocycles. The maximum atomic E-state index is 12.5. The molecule has 0 amide bonds. The average Bonchev–Trinajstić information content (AvgIpc) is 2.93. The predicted octanol–water partition coefficient (Wildman–Crippen LogP) is 6.44. The van der Waals surface area contributed by atoms with Crippen LogP contribution in [0.4, 0.5) is 0 Å². The minimum absolute atomic E-state index is 0.106. The molecule has 1 N–H and O–H groups in total. The topological polar surface area (TPSA) is 26.7 Å². The van der Waals surface area contributed by atoms with E-state index >= 15 is 0 Å². The minimum atomic E-state index is -1.02. The minimum Gasteiger partial charge on any atom is -0.385 e. The highest BCUT2D eigenvalue weighted by Gasteiger charge is 2.43. The standard InChI is InChI=1S/C27H33Cl3N2O/c1-31-13-15-32(16-14-31)19-22-6-3-2-5-21(17-20-9-11-23(28)12-10-20)27(22,33)18-24-25(29)7-4-8-26(24)30/h4,7-12,17,22,33H,2-3,5-6,13-16,18-19H2,1H3/b21-17-. The molecule has 1 heterocycles. The van der Waals surface area contributed by atoms with E-state index in [1.807, 2.05) is 42.5 Å². The summed E-state index contributed by atoms with van der Waals surface area (Å²) in [4.78, 5) is 4.88. The summed E-state index contributed by atoms with van der Waals surface area (Å²) in [6.07, 6.45) is 6.60. The second-order valence-corrected chi connectivity index (χ2v) is 10.8. The molecule has 6 heteroatoms. The van der Waals surface area contributed by atoms with Gasteiger partial charge in [0.05, 0.1) is 5.60 Å². The van der Waals surface area contributed by atoms with Gasteiger partial charge in [0.1, 0.15) is 0 Å². The Hall–Kier alpha value is -1.07. The van der Waals surface area contributed by atoms with E-state index in [-0.39, 0.29) is 5.92 Å². The van der Waals surface area contributed by atoms with E-state index in [0.717, 1.165) is 75.1 Å². The molecule has 2 atom stereocenters. The van der Waals surface area contributed by atoms with Gasteiger partial charge in [-0.1, -0.05) is 65.5 Å². The van der Waals surface area contributed by atoms with Crippen LogP contribution in [0, 0.1) is 5.92 Å². The van der Waals surface area contributed by atoms with Gasteiger partial charge in [0, 0.05) is 60.1 Å². The van der Waals surface area contributed by atoms with Gasteiger partial charge in [-0.2, -0.15) is 0 Å². The molecule has 2 aliphatic rings. The van der Waals surface area contributed by atoms with Crippen molar-refractivity contribution in [3.63, 3.8) is 0 Å². The first kappa shape index (κ1) is 25.0. The molecule has 2 fully saturated rings. The summed E-state index contributed by atoms with van der Waals surface area (Å²) in [6.45, 7) is 5.08. The van der Waals surface area contributed by atoms with Gasteiger partial charge in [-0.25, -0.2) is 0 Å². The van der Waals surface area contributed by atoms with Gasteiger partial charge >= 0.3 is 0 Å². The number of halogens is 3. The largest absolute Gasteiger partial charge is 0.385 e. The van der Waals surface area contributed by atoms with Gasteiger partial charge in [0.25, 0.3) is 0 Å². The van der Waals surface area contributed by atoms with Crippen LogP contribution in [0.1, 0.15) is 36.8 Å². The van der Waals surface area contributed by atoms with E-state index in [2.05, 4.69) is 22.9 Å². The summed E-state index contributed by atoms with van der Waals surface area (Å²) < 4.78 is 0. The molecule has 0 bridgehead atoms. The van der Waals surface area contributed by atoms with Crippen LogP contribution in [0.3, 0.4) is 0 Å². The fraction of sp³-hybridized carbons (Fsp3) is 0.481. The van der Waals surface area contributed by atoms with Crippen molar-refractivity contribution in [2.75, 3.05) is 39.8 Å². The van der Waals surface area contributed by atoms with E-state index in [4.69, 9.17) is 34.8 Å². The van der Waals surface area contributed by atoms with Crippen LogP contribution in [0.15, 0.2) is 48.0 Å². The van der Waals surface area contributed by atoms with Gasteiger partial charge in [-0.15, -0.1) is 0 Å². The number of nitrogens with zero attached hydrogens (tertiary/aromatic N) is 2. The van der Waals surface area contributed by atoms with Crippen molar-refractivity contribution in [1.29, 1.82) is 0 Å². The maximum absolute atomic E-state index is 12.5. The third-order valence-corrected chi connectivity index (χ3v) is 8.23. The molecule has 0 spiro atoms. The molecule has 1 saturated heterocycles. The third-order valence-electron chi connectivity index (χ3n) is 7.27. The van der Waals surface area contributed by atoms with Crippen molar-refractivity contribution < 1.29 is 5.11 Å². The first-order valence-corrected chi connectivity index (χ1v) is 13.0. The third kappa shape index (κ3) is 6.14. The number of likely N-dealkylation sites (N-methyl/N-ethyl adjacent to an activating group) is 1. The summed E-state index contributed by atoms with van der Waals surface area (Å²) in [6, 6.07) is 13.4. The van der Waals surface area contributed by atoms with Crippen LogP contribution in [-0.2, 0) is 6.42 Å². The first-order chi connectivity index (χ1) is 15.8. The lowest BCUT2D eigenvalue weighted by Gasteiger charge is -2.42. The predicted molar refractivity (Wildman–Crippen MR) is 140 cm³/mol. The Kier molecular flexibility index (Phi) is 8.43. The lowest BCUT2D eigenvalue weighted by Crippen LogP contribution is -2.51. The average molecular weight is 508 g/mol. The lowest BCUT2D eigenvalue weighted by molar-refractivity contribution is -0.00640. The highest BCUT2D eigenvalue weighted by Crippen LogP contribution is 2.43. The molecular formula is C27H33Cl3N2O. The summed E-state index contributed by atoms with van der Waals surface area (Å²) in [5.74, 6) is 0.106. The fourth-order valence-corrected chi connectivity index (χ4v) is 5.85. The molecule has 2 aromatic rings.